The van der Waals surface area contributed by atoms with E-state index in [-0.39, 0.29) is 0 Å². The number of nitrogens with one attached hydrogen (secondary N) is 1. The van der Waals surface area contributed by atoms with Crippen LogP contribution in [0.1, 0.15) is 19.8 Å². The van der Waals surface area contributed by atoms with Crippen molar-refractivity contribution in [3.8, 4) is 0 Å². The SMILES string of the molecule is C=CCC(CC)NC(=C)N=C. The lowest BCUT2D eigenvalue weighted by Crippen LogP contribution is -2.25. The Morgan fingerprint density at radius 3 is 2.73 bits per heavy atom. The first kappa shape index (κ1) is 9.95. The van der Waals surface area contributed by atoms with Crippen LogP contribution in [0.4, 0.5) is 0 Å². The highest BCUT2D eigenvalue weighted by Crippen LogP contribution is 2.00. The van der Waals surface area contributed by atoms with Crippen molar-refractivity contribution in [3.63, 3.8) is 0 Å². The first-order valence-corrected chi connectivity index (χ1v) is 3.77. The van der Waals surface area contributed by atoms with Crippen LogP contribution < -0.4 is 5.32 Å². The summed E-state index contributed by atoms with van der Waals surface area (Å²) in [4.78, 5) is 3.67. The van der Waals surface area contributed by atoms with E-state index < -0.39 is 0 Å². The smallest absolute Gasteiger partial charge is 0.118 e. The third-order valence-electron chi connectivity index (χ3n) is 1.51. The Hall–Kier alpha value is -1.05. The molecule has 0 rings (SSSR count). The van der Waals surface area contributed by atoms with Crippen LogP contribution in [-0.4, -0.2) is 12.8 Å². The molecule has 2 nitrogen and oxygen atoms in total. The molecule has 0 aliphatic heterocycles. The van der Waals surface area contributed by atoms with Gasteiger partial charge in [0.05, 0.1) is 0 Å². The van der Waals surface area contributed by atoms with Gasteiger partial charge in [-0.25, -0.2) is 4.99 Å². The fourth-order valence-electron chi connectivity index (χ4n) is 0.810. The molecule has 0 saturated heterocycles. The average molecular weight is 152 g/mol. The maximum atomic E-state index is 3.67. The van der Waals surface area contributed by atoms with Gasteiger partial charge in [0.15, 0.2) is 0 Å². The van der Waals surface area contributed by atoms with Crippen molar-refractivity contribution >= 4 is 6.72 Å². The average Bonchev–Trinajstić information content (AvgIpc) is 2.03. The number of rotatable bonds is 6. The summed E-state index contributed by atoms with van der Waals surface area (Å²) in [5.74, 6) is 0.638. The Labute approximate surface area is 68.7 Å². The third kappa shape index (κ3) is 4.37. The van der Waals surface area contributed by atoms with E-state index >= 15 is 0 Å². The van der Waals surface area contributed by atoms with Crippen molar-refractivity contribution in [1.29, 1.82) is 0 Å². The van der Waals surface area contributed by atoms with Crippen molar-refractivity contribution in [2.75, 3.05) is 0 Å². The number of aliphatic imine (C=N–C) groups is 1. The highest BCUT2D eigenvalue weighted by Gasteiger charge is 2.01. The van der Waals surface area contributed by atoms with E-state index in [0.29, 0.717) is 11.9 Å². The van der Waals surface area contributed by atoms with Crippen molar-refractivity contribution in [2.45, 2.75) is 25.8 Å². The summed E-state index contributed by atoms with van der Waals surface area (Å²) in [7, 11) is 0. The van der Waals surface area contributed by atoms with Gasteiger partial charge >= 0.3 is 0 Å². The van der Waals surface area contributed by atoms with Gasteiger partial charge in [-0.05, 0) is 19.6 Å². The third-order valence-corrected chi connectivity index (χ3v) is 1.51. The van der Waals surface area contributed by atoms with Gasteiger partial charge < -0.3 is 5.32 Å². The lowest BCUT2D eigenvalue weighted by Gasteiger charge is -2.14. The molecule has 0 heterocycles. The summed E-state index contributed by atoms with van der Waals surface area (Å²) in [6.07, 6.45) is 3.86. The Kier molecular flexibility index (Phi) is 5.17. The van der Waals surface area contributed by atoms with E-state index in [1.165, 1.54) is 0 Å². The van der Waals surface area contributed by atoms with Crippen molar-refractivity contribution < 1.29 is 0 Å². The molecule has 1 N–H and O–H groups in total. The fourth-order valence-corrected chi connectivity index (χ4v) is 0.810. The maximum absolute atomic E-state index is 3.67. The van der Waals surface area contributed by atoms with Gasteiger partial charge in [-0.3, -0.25) is 0 Å². The minimum Gasteiger partial charge on any atom is -0.368 e. The molecule has 0 aromatic heterocycles. The number of hydrogen-bond donors (Lipinski definition) is 1. The van der Waals surface area contributed by atoms with Crippen molar-refractivity contribution in [2.24, 2.45) is 4.99 Å². The summed E-state index contributed by atoms with van der Waals surface area (Å²) in [6, 6.07) is 0.394. The lowest BCUT2D eigenvalue weighted by atomic mass is 10.1. The summed E-state index contributed by atoms with van der Waals surface area (Å²) in [6.45, 7) is 12.8. The molecule has 0 bridgehead atoms. The molecule has 0 radical (unpaired) electrons. The predicted octanol–water partition coefficient (Wildman–Crippen LogP) is 2.10. The molecule has 2 heteroatoms. The van der Waals surface area contributed by atoms with Crippen molar-refractivity contribution in [3.05, 3.63) is 25.1 Å². The van der Waals surface area contributed by atoms with Crippen molar-refractivity contribution in [1.82, 2.24) is 5.32 Å². The molecule has 0 fully saturated rings. The van der Waals surface area contributed by atoms with E-state index in [9.17, 15) is 0 Å². The van der Waals surface area contributed by atoms with Crippen LogP contribution in [0.15, 0.2) is 30.0 Å². The topological polar surface area (TPSA) is 24.4 Å². The molecule has 62 valence electrons. The molecule has 1 unspecified atom stereocenters. The van der Waals surface area contributed by atoms with Gasteiger partial charge in [0.2, 0.25) is 0 Å². The molecule has 0 aromatic carbocycles. The van der Waals surface area contributed by atoms with E-state index in [4.69, 9.17) is 0 Å². The van der Waals surface area contributed by atoms with E-state index in [1.807, 2.05) is 6.08 Å². The normalized spacial score (nSPS) is 11.7. The Balaban J connectivity index is 3.75. The number of nitrogens with zero attached hydrogens (tertiary/aromatic N) is 1. The molecule has 0 spiro atoms. The van der Waals surface area contributed by atoms with Gasteiger partial charge in [-0.15, -0.1) is 6.58 Å². The van der Waals surface area contributed by atoms with Crippen LogP contribution in [-0.2, 0) is 0 Å². The van der Waals surface area contributed by atoms with Gasteiger partial charge in [-0.2, -0.15) is 0 Å². The summed E-state index contributed by atoms with van der Waals surface area (Å²) < 4.78 is 0. The lowest BCUT2D eigenvalue weighted by molar-refractivity contribution is 0.554. The monoisotopic (exact) mass is 152 g/mol. The van der Waals surface area contributed by atoms with E-state index in [0.717, 1.165) is 12.8 Å². The Morgan fingerprint density at radius 1 is 1.73 bits per heavy atom. The van der Waals surface area contributed by atoms with Crippen LogP contribution in [0, 0.1) is 0 Å². The second kappa shape index (κ2) is 5.71. The summed E-state index contributed by atoms with van der Waals surface area (Å²) >= 11 is 0. The second-order valence-corrected chi connectivity index (χ2v) is 2.38. The molecular weight excluding hydrogens is 136 g/mol. The van der Waals surface area contributed by atoms with Crippen LogP contribution >= 0.6 is 0 Å². The van der Waals surface area contributed by atoms with Gasteiger partial charge in [0.25, 0.3) is 0 Å². The summed E-state index contributed by atoms with van der Waals surface area (Å²) in [5.41, 5.74) is 0. The first-order valence-electron chi connectivity index (χ1n) is 3.77. The number of hydrogen-bond acceptors (Lipinski definition) is 2. The van der Waals surface area contributed by atoms with E-state index in [1.54, 1.807) is 0 Å². The molecule has 0 aromatic rings. The second-order valence-electron chi connectivity index (χ2n) is 2.38. The largest absolute Gasteiger partial charge is 0.368 e. The van der Waals surface area contributed by atoms with Gasteiger partial charge in [-0.1, -0.05) is 19.6 Å². The molecule has 11 heavy (non-hydrogen) atoms. The van der Waals surface area contributed by atoms with Crippen LogP contribution in [0.3, 0.4) is 0 Å². The molecule has 0 aliphatic rings. The minimum atomic E-state index is 0.394. The van der Waals surface area contributed by atoms with Crippen LogP contribution in [0.2, 0.25) is 0 Å². The predicted molar refractivity (Wildman–Crippen MR) is 50.7 cm³/mol. The molecule has 0 saturated carbocycles. The van der Waals surface area contributed by atoms with Crippen LogP contribution in [0.5, 0.6) is 0 Å². The molecule has 1 atom stereocenters. The fraction of sp³-hybridized carbons (Fsp3) is 0.444. The quantitative estimate of drug-likeness (QED) is 0.457. The zero-order valence-corrected chi connectivity index (χ0v) is 7.14. The van der Waals surface area contributed by atoms with Gasteiger partial charge in [0.1, 0.15) is 5.82 Å². The van der Waals surface area contributed by atoms with Crippen LogP contribution in [0.25, 0.3) is 0 Å². The molecule has 0 amide bonds. The Bertz CT molecular complexity index is 150. The van der Waals surface area contributed by atoms with E-state index in [2.05, 4.69) is 37.1 Å². The zero-order chi connectivity index (χ0) is 8.69. The highest BCUT2D eigenvalue weighted by atomic mass is 15.0. The molecular formula is C9H16N2. The first-order chi connectivity index (χ1) is 5.24. The molecule has 0 aliphatic carbocycles. The maximum Gasteiger partial charge on any atom is 0.118 e. The van der Waals surface area contributed by atoms with Gasteiger partial charge in [0, 0.05) is 6.04 Å². The summed E-state index contributed by atoms with van der Waals surface area (Å²) in [5, 5.41) is 3.12. The Morgan fingerprint density at radius 2 is 2.36 bits per heavy atom. The zero-order valence-electron chi connectivity index (χ0n) is 7.14. The minimum absolute atomic E-state index is 0.394. The highest BCUT2D eigenvalue weighted by molar-refractivity contribution is 5.27. The standard InChI is InChI=1S/C9H16N2/c1-5-7-9(6-2)11-8(3)10-4/h5,9,11H,1,3-4,6-7H2,2H3.